The van der Waals surface area contributed by atoms with Crippen molar-refractivity contribution in [3.05, 3.63) is 89.9 Å². The van der Waals surface area contributed by atoms with Crippen molar-refractivity contribution in [3.8, 4) is 0 Å². The van der Waals surface area contributed by atoms with Crippen LogP contribution in [0.15, 0.2) is 82.3 Å². The van der Waals surface area contributed by atoms with E-state index in [0.717, 1.165) is 5.56 Å². The van der Waals surface area contributed by atoms with Gasteiger partial charge in [0.25, 0.3) is 5.91 Å². The molecule has 6 nitrogen and oxygen atoms in total. The van der Waals surface area contributed by atoms with Gasteiger partial charge in [-0.25, -0.2) is 13.1 Å². The average molecular weight is 384 g/mol. The Hall–Kier alpha value is -2.90. The molecule has 0 fully saturated rings. The first kappa shape index (κ1) is 18.9. The summed E-state index contributed by atoms with van der Waals surface area (Å²) in [6.07, 6.45) is 1.48. The lowest BCUT2D eigenvalue weighted by atomic mass is 10.1. The first-order chi connectivity index (χ1) is 13.0. The molecule has 0 spiro atoms. The third-order valence-electron chi connectivity index (χ3n) is 4.09. The zero-order valence-corrected chi connectivity index (χ0v) is 15.6. The van der Waals surface area contributed by atoms with E-state index in [9.17, 15) is 13.2 Å². The minimum Gasteiger partial charge on any atom is -0.468 e. The summed E-state index contributed by atoms with van der Waals surface area (Å²) in [5.74, 6) is 0.253. The van der Waals surface area contributed by atoms with Crippen LogP contribution in [-0.4, -0.2) is 14.3 Å². The van der Waals surface area contributed by atoms with Gasteiger partial charge in [-0.05, 0) is 48.9 Å². The van der Waals surface area contributed by atoms with Crippen molar-refractivity contribution in [1.29, 1.82) is 0 Å². The Labute approximate surface area is 158 Å². The van der Waals surface area contributed by atoms with Crippen LogP contribution in [0.25, 0.3) is 0 Å². The predicted molar refractivity (Wildman–Crippen MR) is 101 cm³/mol. The van der Waals surface area contributed by atoms with Crippen molar-refractivity contribution in [2.24, 2.45) is 0 Å². The summed E-state index contributed by atoms with van der Waals surface area (Å²) < 4.78 is 32.2. The molecule has 27 heavy (non-hydrogen) atoms. The maximum Gasteiger partial charge on any atom is 0.251 e. The normalized spacial score (nSPS) is 12.5. The molecule has 0 radical (unpaired) electrons. The number of sulfonamides is 1. The molecule has 1 aromatic heterocycles. The molecule has 0 aliphatic carbocycles. The summed E-state index contributed by atoms with van der Waals surface area (Å²) in [6, 6.07) is 18.6. The van der Waals surface area contributed by atoms with Gasteiger partial charge >= 0.3 is 0 Å². The summed E-state index contributed by atoms with van der Waals surface area (Å²) >= 11 is 0. The minimum atomic E-state index is -3.69. The second-order valence-electron chi connectivity index (χ2n) is 6.03. The minimum absolute atomic E-state index is 0.0617. The van der Waals surface area contributed by atoms with E-state index in [0.29, 0.717) is 11.3 Å². The molecule has 3 aromatic rings. The van der Waals surface area contributed by atoms with Gasteiger partial charge in [0, 0.05) is 5.56 Å². The number of benzene rings is 2. The summed E-state index contributed by atoms with van der Waals surface area (Å²) in [5.41, 5.74) is 1.38. The van der Waals surface area contributed by atoms with Crippen molar-refractivity contribution in [1.82, 2.24) is 10.0 Å². The molecule has 2 N–H and O–H groups in total. The SMILES string of the molecule is C[C@@H](NC(=O)c1ccc(S(=O)(=O)NCc2ccco2)cc1)c1ccccc1. The van der Waals surface area contributed by atoms with E-state index in [2.05, 4.69) is 10.0 Å². The summed E-state index contributed by atoms with van der Waals surface area (Å²) in [6.45, 7) is 1.96. The van der Waals surface area contributed by atoms with E-state index in [4.69, 9.17) is 4.42 Å². The Morgan fingerprint density at radius 1 is 1.00 bits per heavy atom. The van der Waals surface area contributed by atoms with Crippen LogP contribution in [0.3, 0.4) is 0 Å². The van der Waals surface area contributed by atoms with Crippen molar-refractivity contribution >= 4 is 15.9 Å². The van der Waals surface area contributed by atoms with Crippen LogP contribution in [0.4, 0.5) is 0 Å². The first-order valence-corrected chi connectivity index (χ1v) is 9.92. The van der Waals surface area contributed by atoms with Crippen LogP contribution in [-0.2, 0) is 16.6 Å². The number of rotatable bonds is 7. The van der Waals surface area contributed by atoms with E-state index in [1.807, 2.05) is 37.3 Å². The third kappa shape index (κ3) is 4.84. The van der Waals surface area contributed by atoms with Crippen molar-refractivity contribution < 1.29 is 17.6 Å². The van der Waals surface area contributed by atoms with Gasteiger partial charge in [-0.1, -0.05) is 30.3 Å². The Morgan fingerprint density at radius 2 is 1.70 bits per heavy atom. The predicted octanol–water partition coefficient (Wildman–Crippen LogP) is 3.25. The van der Waals surface area contributed by atoms with Crippen LogP contribution >= 0.6 is 0 Å². The molecule has 3 rings (SSSR count). The smallest absolute Gasteiger partial charge is 0.251 e. The molecular weight excluding hydrogens is 364 g/mol. The highest BCUT2D eigenvalue weighted by Crippen LogP contribution is 2.15. The standard InChI is InChI=1S/C20H20N2O4S/c1-15(16-6-3-2-4-7-16)22-20(23)17-9-11-19(12-10-17)27(24,25)21-14-18-8-5-13-26-18/h2-13,15,21H,14H2,1H3,(H,22,23)/t15-/m1/s1. The van der Waals surface area contributed by atoms with Crippen LogP contribution in [0, 0.1) is 0 Å². The van der Waals surface area contributed by atoms with E-state index in [1.165, 1.54) is 30.5 Å². The number of amides is 1. The fourth-order valence-electron chi connectivity index (χ4n) is 2.55. The first-order valence-electron chi connectivity index (χ1n) is 8.43. The Balaban J connectivity index is 1.64. The van der Waals surface area contributed by atoms with Gasteiger partial charge in [0.15, 0.2) is 0 Å². The molecule has 0 bridgehead atoms. The largest absolute Gasteiger partial charge is 0.468 e. The fourth-order valence-corrected chi connectivity index (χ4v) is 3.55. The van der Waals surface area contributed by atoms with Gasteiger partial charge in [0.2, 0.25) is 10.0 Å². The summed E-state index contributed by atoms with van der Waals surface area (Å²) in [4.78, 5) is 12.5. The molecule has 1 heterocycles. The van der Waals surface area contributed by atoms with Crippen molar-refractivity contribution in [2.45, 2.75) is 24.4 Å². The highest BCUT2D eigenvalue weighted by Gasteiger charge is 2.16. The van der Waals surface area contributed by atoms with Crippen LogP contribution < -0.4 is 10.0 Å². The lowest BCUT2D eigenvalue weighted by molar-refractivity contribution is 0.0940. The number of hydrogen-bond acceptors (Lipinski definition) is 4. The number of nitrogens with one attached hydrogen (secondary N) is 2. The van der Waals surface area contributed by atoms with E-state index < -0.39 is 10.0 Å². The molecule has 0 aliphatic heterocycles. The summed E-state index contributed by atoms with van der Waals surface area (Å²) in [5, 5.41) is 2.90. The van der Waals surface area contributed by atoms with Gasteiger partial charge in [-0.15, -0.1) is 0 Å². The molecule has 1 atom stereocenters. The third-order valence-corrected chi connectivity index (χ3v) is 5.51. The van der Waals surface area contributed by atoms with Crippen LogP contribution in [0.2, 0.25) is 0 Å². The molecule has 140 valence electrons. The Morgan fingerprint density at radius 3 is 2.33 bits per heavy atom. The van der Waals surface area contributed by atoms with E-state index in [-0.39, 0.29) is 23.4 Å². The Bertz CT molecular complexity index is 982. The van der Waals surface area contributed by atoms with Crippen LogP contribution in [0.5, 0.6) is 0 Å². The highest BCUT2D eigenvalue weighted by molar-refractivity contribution is 7.89. The second-order valence-corrected chi connectivity index (χ2v) is 7.80. The molecule has 0 aliphatic rings. The van der Waals surface area contributed by atoms with Gasteiger partial charge in [0.1, 0.15) is 5.76 Å². The van der Waals surface area contributed by atoms with Gasteiger partial charge in [0.05, 0.1) is 23.7 Å². The zero-order chi connectivity index (χ0) is 19.3. The molecule has 1 amide bonds. The van der Waals surface area contributed by atoms with E-state index in [1.54, 1.807) is 12.1 Å². The highest BCUT2D eigenvalue weighted by atomic mass is 32.2. The van der Waals surface area contributed by atoms with Crippen molar-refractivity contribution in [3.63, 3.8) is 0 Å². The lowest BCUT2D eigenvalue weighted by Gasteiger charge is -2.14. The second kappa shape index (κ2) is 8.20. The lowest BCUT2D eigenvalue weighted by Crippen LogP contribution is -2.27. The number of furan rings is 1. The number of carbonyl (C=O) groups excluding carboxylic acids is 1. The Kier molecular flexibility index (Phi) is 5.73. The molecule has 0 saturated heterocycles. The molecule has 0 saturated carbocycles. The van der Waals surface area contributed by atoms with Crippen molar-refractivity contribution in [2.75, 3.05) is 0 Å². The van der Waals surface area contributed by atoms with E-state index >= 15 is 0 Å². The maximum absolute atomic E-state index is 12.4. The summed E-state index contributed by atoms with van der Waals surface area (Å²) in [7, 11) is -3.69. The van der Waals surface area contributed by atoms with Gasteiger partial charge < -0.3 is 9.73 Å². The van der Waals surface area contributed by atoms with Crippen LogP contribution in [0.1, 0.15) is 34.6 Å². The zero-order valence-electron chi connectivity index (χ0n) is 14.8. The number of carbonyl (C=O) groups is 1. The molecule has 7 heteroatoms. The quantitative estimate of drug-likeness (QED) is 0.654. The monoisotopic (exact) mass is 384 g/mol. The van der Waals surface area contributed by atoms with Gasteiger partial charge in [-0.3, -0.25) is 4.79 Å². The molecule has 0 unspecified atom stereocenters. The maximum atomic E-state index is 12.4. The van der Waals surface area contributed by atoms with Gasteiger partial charge in [-0.2, -0.15) is 0 Å². The number of hydrogen-bond donors (Lipinski definition) is 2. The topological polar surface area (TPSA) is 88.4 Å². The molecule has 2 aromatic carbocycles. The molecular formula is C20H20N2O4S. The fraction of sp³-hybridized carbons (Fsp3) is 0.150. The average Bonchev–Trinajstić information content (AvgIpc) is 3.21.